The smallest absolute Gasteiger partial charge is 0.362 e. The standard InChI is InChI=1S/C33H49N3O4/c1-31(2,3)18-16-26(22-8-12-24(13-9-22)29(39)34-21-17-27(37)38)36(7)30(40)28(23-10-11-23)35-33(36)19-14-25(15-20-33)32(4,5)6/h8-9,12-13,23,25-26H,10-11,14-21H2,1-7H3,(H-,34,37,38,39)/p+1. The molecule has 1 aliphatic heterocycles. The Hall–Kier alpha value is -2.54. The van der Waals surface area contributed by atoms with E-state index >= 15 is 0 Å². The molecule has 2 saturated carbocycles. The number of nitrogens with zero attached hydrogens (tertiary/aromatic N) is 2. The number of hydrogen-bond acceptors (Lipinski definition) is 4. The zero-order valence-electron chi connectivity index (χ0n) is 25.7. The molecular weight excluding hydrogens is 502 g/mol. The van der Waals surface area contributed by atoms with Crippen molar-refractivity contribution in [3.63, 3.8) is 0 Å². The highest BCUT2D eigenvalue weighted by Crippen LogP contribution is 2.55. The van der Waals surface area contributed by atoms with Crippen molar-refractivity contribution >= 4 is 23.5 Å². The molecule has 2 aliphatic carbocycles. The number of carbonyl (C=O) groups excluding carboxylic acids is 2. The largest absolute Gasteiger partial charge is 0.481 e. The number of aliphatic imine (C=N–C) groups is 1. The Kier molecular flexibility index (Phi) is 8.39. The van der Waals surface area contributed by atoms with Crippen LogP contribution in [0.2, 0.25) is 0 Å². The van der Waals surface area contributed by atoms with Crippen LogP contribution in [-0.2, 0) is 9.59 Å². The zero-order valence-corrected chi connectivity index (χ0v) is 25.7. The van der Waals surface area contributed by atoms with Gasteiger partial charge >= 0.3 is 11.9 Å². The van der Waals surface area contributed by atoms with Crippen LogP contribution in [0, 0.1) is 22.7 Å². The summed E-state index contributed by atoms with van der Waals surface area (Å²) < 4.78 is 0.302. The van der Waals surface area contributed by atoms with Gasteiger partial charge in [-0.2, -0.15) is 0 Å². The van der Waals surface area contributed by atoms with Gasteiger partial charge in [-0.1, -0.05) is 53.7 Å². The SMILES string of the molecule is CC(C)(C)CCC(c1ccc(C(=O)NCCC(=O)O)cc1)[N+]1(C)C(=O)C(C2CC2)=NC12CCC(C(C)(C)C)CC2. The van der Waals surface area contributed by atoms with Gasteiger partial charge in [0.2, 0.25) is 5.66 Å². The number of benzene rings is 1. The summed E-state index contributed by atoms with van der Waals surface area (Å²) in [5.74, 6) is -0.0967. The van der Waals surface area contributed by atoms with E-state index in [1.54, 1.807) is 0 Å². The van der Waals surface area contributed by atoms with Crippen molar-refractivity contribution in [2.45, 2.75) is 111 Å². The molecule has 0 bridgehead atoms. The van der Waals surface area contributed by atoms with Crippen LogP contribution in [0.4, 0.5) is 0 Å². The van der Waals surface area contributed by atoms with Gasteiger partial charge in [0.15, 0.2) is 0 Å². The molecule has 1 spiro atoms. The van der Waals surface area contributed by atoms with E-state index in [9.17, 15) is 14.4 Å². The second-order valence-electron chi connectivity index (χ2n) is 14.9. The number of carboxylic acids is 1. The van der Waals surface area contributed by atoms with Gasteiger partial charge in [-0.15, -0.1) is 0 Å². The third-order valence-corrected chi connectivity index (χ3v) is 9.78. The van der Waals surface area contributed by atoms with Crippen LogP contribution >= 0.6 is 0 Å². The lowest BCUT2D eigenvalue weighted by Gasteiger charge is -2.51. The van der Waals surface area contributed by atoms with Crippen molar-refractivity contribution in [2.24, 2.45) is 27.7 Å². The average molecular weight is 553 g/mol. The molecule has 1 aromatic rings. The topological polar surface area (TPSA) is 95.8 Å². The lowest BCUT2D eigenvalue weighted by molar-refractivity contribution is -0.913. The molecule has 1 aromatic carbocycles. The van der Waals surface area contributed by atoms with Gasteiger partial charge in [-0.25, -0.2) is 14.3 Å². The van der Waals surface area contributed by atoms with Gasteiger partial charge < -0.3 is 10.4 Å². The minimum absolute atomic E-state index is 0.0676. The van der Waals surface area contributed by atoms with E-state index in [1.807, 2.05) is 24.3 Å². The molecule has 0 saturated heterocycles. The number of hydrogen-bond donors (Lipinski definition) is 2. The third-order valence-electron chi connectivity index (χ3n) is 9.78. The number of amides is 2. The Balaban J connectivity index is 1.69. The quantitative estimate of drug-likeness (QED) is 0.341. The molecule has 220 valence electrons. The van der Waals surface area contributed by atoms with Gasteiger partial charge in [-0.05, 0) is 61.0 Å². The summed E-state index contributed by atoms with van der Waals surface area (Å²) >= 11 is 0. The van der Waals surface area contributed by atoms with E-state index in [2.05, 4.69) is 53.9 Å². The van der Waals surface area contributed by atoms with E-state index in [-0.39, 0.29) is 41.7 Å². The highest BCUT2D eigenvalue weighted by Gasteiger charge is 2.65. The van der Waals surface area contributed by atoms with Crippen LogP contribution in [0.25, 0.3) is 0 Å². The Morgan fingerprint density at radius 1 is 1.05 bits per heavy atom. The van der Waals surface area contributed by atoms with Gasteiger partial charge in [0, 0.05) is 42.9 Å². The van der Waals surface area contributed by atoms with Gasteiger partial charge in [0.05, 0.1) is 13.5 Å². The summed E-state index contributed by atoms with van der Waals surface area (Å²) in [6.45, 7) is 13.8. The predicted octanol–water partition coefficient (Wildman–Crippen LogP) is 6.53. The van der Waals surface area contributed by atoms with Gasteiger partial charge in [-0.3, -0.25) is 9.59 Å². The van der Waals surface area contributed by atoms with Crippen LogP contribution in [0.3, 0.4) is 0 Å². The first-order valence-corrected chi connectivity index (χ1v) is 15.2. The van der Waals surface area contributed by atoms with E-state index in [4.69, 9.17) is 10.1 Å². The molecule has 3 aliphatic rings. The normalized spacial score (nSPS) is 27.9. The molecule has 7 heteroatoms. The Labute approximate surface area is 240 Å². The van der Waals surface area contributed by atoms with Gasteiger partial charge in [0.1, 0.15) is 11.8 Å². The third kappa shape index (κ3) is 6.19. The molecule has 2 N–H and O–H groups in total. The fraction of sp³-hybridized carbons (Fsp3) is 0.697. The second kappa shape index (κ2) is 11.0. The number of rotatable bonds is 9. The van der Waals surface area contributed by atoms with Crippen LogP contribution in [0.1, 0.15) is 121 Å². The van der Waals surface area contributed by atoms with Crippen molar-refractivity contribution < 1.29 is 24.0 Å². The number of aliphatic carboxylic acids is 1. The maximum absolute atomic E-state index is 14.5. The fourth-order valence-electron chi connectivity index (χ4n) is 6.91. The number of nitrogens with one attached hydrogen (secondary N) is 1. The van der Waals surface area contributed by atoms with E-state index in [0.717, 1.165) is 62.6 Å². The maximum atomic E-state index is 14.5. The highest BCUT2D eigenvalue weighted by atomic mass is 16.4. The number of quaternary nitrogens is 1. The molecule has 0 aromatic heterocycles. The lowest BCUT2D eigenvalue weighted by atomic mass is 9.68. The van der Waals surface area contributed by atoms with Crippen molar-refractivity contribution in [3.8, 4) is 0 Å². The monoisotopic (exact) mass is 552 g/mol. The first-order valence-electron chi connectivity index (χ1n) is 15.2. The van der Waals surface area contributed by atoms with E-state index in [0.29, 0.717) is 21.9 Å². The average Bonchev–Trinajstić information content (AvgIpc) is 3.68. The number of carbonyl (C=O) groups is 3. The van der Waals surface area contributed by atoms with Crippen molar-refractivity contribution in [2.75, 3.05) is 13.6 Å². The van der Waals surface area contributed by atoms with E-state index in [1.165, 1.54) is 0 Å². The second-order valence-corrected chi connectivity index (χ2v) is 14.9. The summed E-state index contributed by atoms with van der Waals surface area (Å²) in [6.07, 6.45) is 7.82. The minimum Gasteiger partial charge on any atom is -0.481 e. The van der Waals surface area contributed by atoms with Crippen molar-refractivity contribution in [1.29, 1.82) is 0 Å². The maximum Gasteiger partial charge on any atom is 0.362 e. The van der Waals surface area contributed by atoms with Crippen molar-refractivity contribution in [1.82, 2.24) is 5.32 Å². The molecule has 2 fully saturated rings. The predicted molar refractivity (Wildman–Crippen MR) is 158 cm³/mol. The Bertz CT molecular complexity index is 1150. The summed E-state index contributed by atoms with van der Waals surface area (Å²) in [5, 5.41) is 11.6. The van der Waals surface area contributed by atoms with Crippen LogP contribution in [0.15, 0.2) is 29.3 Å². The Morgan fingerprint density at radius 2 is 1.65 bits per heavy atom. The molecular formula is C33H50N3O4+. The molecule has 40 heavy (non-hydrogen) atoms. The van der Waals surface area contributed by atoms with Crippen LogP contribution in [-0.4, -0.2) is 52.3 Å². The van der Waals surface area contributed by atoms with E-state index < -0.39 is 11.6 Å². The highest BCUT2D eigenvalue weighted by molar-refractivity contribution is 6.38. The first kappa shape index (κ1) is 30.4. The molecule has 2 amide bonds. The molecule has 4 rings (SSSR count). The lowest BCUT2D eigenvalue weighted by Crippen LogP contribution is -2.64. The summed E-state index contributed by atoms with van der Waals surface area (Å²) in [6, 6.07) is 7.56. The zero-order chi connectivity index (χ0) is 29.5. The first-order chi connectivity index (χ1) is 18.6. The van der Waals surface area contributed by atoms with Crippen LogP contribution < -0.4 is 5.32 Å². The van der Waals surface area contributed by atoms with Gasteiger partial charge in [0.25, 0.3) is 5.91 Å². The number of carboxylic acid groups (broad SMARTS) is 1. The summed E-state index contributed by atoms with van der Waals surface area (Å²) in [4.78, 5) is 43.3. The molecule has 2 unspecified atom stereocenters. The minimum atomic E-state index is -0.942. The summed E-state index contributed by atoms with van der Waals surface area (Å²) in [7, 11) is 2.15. The molecule has 7 nitrogen and oxygen atoms in total. The molecule has 2 atom stereocenters. The fourth-order valence-corrected chi connectivity index (χ4v) is 6.91. The summed E-state index contributed by atoms with van der Waals surface area (Å²) in [5.41, 5.74) is 2.30. The molecule has 0 radical (unpaired) electrons. The Morgan fingerprint density at radius 3 is 2.15 bits per heavy atom. The van der Waals surface area contributed by atoms with Crippen LogP contribution in [0.5, 0.6) is 0 Å². The van der Waals surface area contributed by atoms with Crippen molar-refractivity contribution in [3.05, 3.63) is 35.4 Å². The molecule has 1 heterocycles.